The zero-order valence-corrected chi connectivity index (χ0v) is 11.1. The first-order chi connectivity index (χ1) is 8.34. The van der Waals surface area contributed by atoms with E-state index in [1.807, 2.05) is 11.8 Å². The van der Waals surface area contributed by atoms with E-state index in [9.17, 15) is 4.79 Å². The first kappa shape index (κ1) is 13.2. The minimum absolute atomic E-state index is 0.0560. The molecule has 0 aromatic rings. The third-order valence-corrected chi connectivity index (χ3v) is 4.37. The van der Waals surface area contributed by atoms with Gasteiger partial charge in [0.1, 0.15) is 6.61 Å². The number of hydrogen-bond acceptors (Lipinski definition) is 4. The molecule has 98 valence electrons. The number of nitrogens with one attached hydrogen (secondary N) is 2. The van der Waals surface area contributed by atoms with Crippen LogP contribution in [0.25, 0.3) is 0 Å². The predicted octanol–water partition coefficient (Wildman–Crippen LogP) is 0.767. The molecule has 2 aliphatic heterocycles. The van der Waals surface area contributed by atoms with Crippen LogP contribution >= 0.6 is 11.8 Å². The van der Waals surface area contributed by atoms with Crippen LogP contribution in [0.5, 0.6) is 0 Å². The monoisotopic (exact) mass is 258 g/mol. The fourth-order valence-electron chi connectivity index (χ4n) is 2.27. The predicted molar refractivity (Wildman–Crippen MR) is 70.3 cm³/mol. The molecule has 2 saturated heterocycles. The van der Waals surface area contributed by atoms with Crippen LogP contribution in [0.15, 0.2) is 0 Å². The van der Waals surface area contributed by atoms with Crippen LogP contribution < -0.4 is 10.6 Å². The maximum atomic E-state index is 11.7. The molecule has 2 fully saturated rings. The third-order valence-electron chi connectivity index (χ3n) is 3.32. The second-order valence-corrected chi connectivity index (χ2v) is 5.94. The molecule has 0 aromatic heterocycles. The molecule has 4 nitrogen and oxygen atoms in total. The van der Waals surface area contributed by atoms with E-state index in [1.165, 1.54) is 11.5 Å². The zero-order valence-electron chi connectivity index (χ0n) is 10.2. The maximum Gasteiger partial charge on any atom is 0.246 e. The van der Waals surface area contributed by atoms with Crippen LogP contribution in [-0.4, -0.2) is 49.3 Å². The first-order valence-corrected chi connectivity index (χ1v) is 7.69. The molecule has 2 N–H and O–H groups in total. The highest BCUT2D eigenvalue weighted by atomic mass is 32.2. The van der Waals surface area contributed by atoms with Crippen molar-refractivity contribution in [2.75, 3.05) is 31.2 Å². The maximum absolute atomic E-state index is 11.7. The van der Waals surface area contributed by atoms with E-state index < -0.39 is 0 Å². The Morgan fingerprint density at radius 1 is 1.24 bits per heavy atom. The van der Waals surface area contributed by atoms with Crippen LogP contribution in [-0.2, 0) is 9.53 Å². The van der Waals surface area contributed by atoms with Crippen molar-refractivity contribution in [2.24, 2.45) is 0 Å². The number of piperidine rings is 1. The lowest BCUT2D eigenvalue weighted by atomic mass is 10.1. The van der Waals surface area contributed by atoms with Crippen molar-refractivity contribution >= 4 is 17.7 Å². The average molecular weight is 258 g/mol. The summed E-state index contributed by atoms with van der Waals surface area (Å²) in [6.45, 7) is 2.24. The highest BCUT2D eigenvalue weighted by molar-refractivity contribution is 7.99. The molecule has 2 aliphatic rings. The molecule has 0 aliphatic carbocycles. The van der Waals surface area contributed by atoms with E-state index in [1.54, 1.807) is 0 Å². The van der Waals surface area contributed by atoms with Gasteiger partial charge in [0.05, 0.1) is 6.10 Å². The van der Waals surface area contributed by atoms with E-state index >= 15 is 0 Å². The van der Waals surface area contributed by atoms with Crippen molar-refractivity contribution in [3.8, 4) is 0 Å². The van der Waals surface area contributed by atoms with E-state index in [2.05, 4.69) is 10.6 Å². The smallest absolute Gasteiger partial charge is 0.246 e. The van der Waals surface area contributed by atoms with Gasteiger partial charge in [-0.3, -0.25) is 4.79 Å². The van der Waals surface area contributed by atoms with Gasteiger partial charge in [-0.15, -0.1) is 0 Å². The molecular formula is C12H22N2O2S. The fourth-order valence-corrected chi connectivity index (χ4v) is 3.37. The molecule has 2 rings (SSSR count). The summed E-state index contributed by atoms with van der Waals surface area (Å²) in [7, 11) is 0. The number of ether oxygens (including phenoxy) is 1. The number of carbonyl (C=O) groups is 1. The Bertz CT molecular complexity index is 239. The van der Waals surface area contributed by atoms with Crippen LogP contribution in [0.4, 0.5) is 0 Å². The Hall–Kier alpha value is -0.260. The van der Waals surface area contributed by atoms with Gasteiger partial charge in [-0.25, -0.2) is 0 Å². The minimum Gasteiger partial charge on any atom is -0.368 e. The minimum atomic E-state index is 0.0560. The molecule has 0 saturated carbocycles. The zero-order chi connectivity index (χ0) is 11.9. The average Bonchev–Trinajstić information content (AvgIpc) is 2.39. The van der Waals surface area contributed by atoms with Crippen molar-refractivity contribution in [2.45, 2.75) is 37.8 Å². The van der Waals surface area contributed by atoms with E-state index in [0.29, 0.717) is 6.04 Å². The SMILES string of the molecule is O=C(COC1CCNCC1)NC1CCSCC1. The van der Waals surface area contributed by atoms with E-state index in [0.717, 1.165) is 38.8 Å². The second kappa shape index (κ2) is 7.24. The lowest BCUT2D eigenvalue weighted by Crippen LogP contribution is -2.41. The van der Waals surface area contributed by atoms with Crippen LogP contribution in [0.2, 0.25) is 0 Å². The van der Waals surface area contributed by atoms with E-state index in [-0.39, 0.29) is 18.6 Å². The van der Waals surface area contributed by atoms with E-state index in [4.69, 9.17) is 4.74 Å². The molecule has 0 atom stereocenters. The largest absolute Gasteiger partial charge is 0.368 e. The molecule has 5 heteroatoms. The van der Waals surface area contributed by atoms with Gasteiger partial charge >= 0.3 is 0 Å². The highest BCUT2D eigenvalue weighted by Crippen LogP contribution is 2.16. The second-order valence-electron chi connectivity index (χ2n) is 4.71. The van der Waals surface area contributed by atoms with Crippen molar-refractivity contribution in [1.29, 1.82) is 0 Å². The molecule has 0 unspecified atom stereocenters. The van der Waals surface area contributed by atoms with Gasteiger partial charge in [-0.2, -0.15) is 11.8 Å². The van der Waals surface area contributed by atoms with Gasteiger partial charge in [-0.05, 0) is 50.3 Å². The van der Waals surface area contributed by atoms with Gasteiger partial charge in [0.15, 0.2) is 0 Å². The summed E-state index contributed by atoms with van der Waals surface area (Å²) in [4.78, 5) is 11.7. The molecule has 0 radical (unpaired) electrons. The lowest BCUT2D eigenvalue weighted by Gasteiger charge is -2.25. The summed E-state index contributed by atoms with van der Waals surface area (Å²) in [6, 6.07) is 0.375. The molecule has 2 heterocycles. The Balaban J connectivity index is 1.59. The van der Waals surface area contributed by atoms with Crippen molar-refractivity contribution < 1.29 is 9.53 Å². The fraction of sp³-hybridized carbons (Fsp3) is 0.917. The standard InChI is InChI=1S/C12H22N2O2S/c15-12(14-10-3-7-17-8-4-10)9-16-11-1-5-13-6-2-11/h10-11,13H,1-9H2,(H,14,15). The van der Waals surface area contributed by atoms with Crippen LogP contribution in [0, 0.1) is 0 Å². The van der Waals surface area contributed by atoms with Gasteiger partial charge in [-0.1, -0.05) is 0 Å². The van der Waals surface area contributed by atoms with Gasteiger partial charge in [0.25, 0.3) is 0 Å². The van der Waals surface area contributed by atoms with Gasteiger partial charge < -0.3 is 15.4 Å². The lowest BCUT2D eigenvalue weighted by molar-refractivity contribution is -0.129. The summed E-state index contributed by atoms with van der Waals surface area (Å²) in [6.07, 6.45) is 4.51. The molecule has 0 bridgehead atoms. The number of thioether (sulfide) groups is 1. The quantitative estimate of drug-likeness (QED) is 0.782. The normalized spacial score (nSPS) is 23.5. The highest BCUT2D eigenvalue weighted by Gasteiger charge is 2.18. The summed E-state index contributed by atoms with van der Waals surface area (Å²) in [5.41, 5.74) is 0. The first-order valence-electron chi connectivity index (χ1n) is 6.54. The summed E-state index contributed by atoms with van der Waals surface area (Å²) >= 11 is 1.97. The third kappa shape index (κ3) is 4.85. The molecular weight excluding hydrogens is 236 g/mol. The molecule has 1 amide bonds. The summed E-state index contributed by atoms with van der Waals surface area (Å²) < 4.78 is 5.63. The van der Waals surface area contributed by atoms with Gasteiger partial charge in [0.2, 0.25) is 5.91 Å². The molecule has 0 aromatic carbocycles. The van der Waals surface area contributed by atoms with Crippen molar-refractivity contribution in [3.63, 3.8) is 0 Å². The van der Waals surface area contributed by atoms with Crippen molar-refractivity contribution in [1.82, 2.24) is 10.6 Å². The number of carbonyl (C=O) groups excluding carboxylic acids is 1. The number of hydrogen-bond donors (Lipinski definition) is 2. The topological polar surface area (TPSA) is 50.4 Å². The van der Waals surface area contributed by atoms with Gasteiger partial charge in [0, 0.05) is 6.04 Å². The Labute approximate surface area is 107 Å². The Morgan fingerprint density at radius 2 is 1.94 bits per heavy atom. The Kier molecular flexibility index (Phi) is 5.61. The number of amides is 1. The van der Waals surface area contributed by atoms with Crippen LogP contribution in [0.3, 0.4) is 0 Å². The summed E-state index contributed by atoms with van der Waals surface area (Å²) in [5, 5.41) is 6.35. The molecule has 0 spiro atoms. The Morgan fingerprint density at radius 3 is 2.65 bits per heavy atom. The number of rotatable bonds is 4. The van der Waals surface area contributed by atoms with Crippen LogP contribution in [0.1, 0.15) is 25.7 Å². The summed E-state index contributed by atoms with van der Waals surface area (Å²) in [5.74, 6) is 2.39. The molecule has 17 heavy (non-hydrogen) atoms. The van der Waals surface area contributed by atoms with Crippen molar-refractivity contribution in [3.05, 3.63) is 0 Å².